The van der Waals surface area contributed by atoms with Gasteiger partial charge in [-0.3, -0.25) is 25.0 Å². The van der Waals surface area contributed by atoms with Crippen LogP contribution in [0.4, 0.5) is 34.1 Å². The van der Waals surface area contributed by atoms with Crippen molar-refractivity contribution in [3.8, 4) is 6.07 Å². The molecule has 0 unspecified atom stereocenters. The second-order valence-corrected chi connectivity index (χ2v) is 7.55. The van der Waals surface area contributed by atoms with E-state index in [4.69, 9.17) is 5.26 Å². The number of azo groups is 1. The molecule has 0 saturated heterocycles. The molecule has 0 radical (unpaired) electrons. The number of nitro groups is 2. The van der Waals surface area contributed by atoms with E-state index in [1.807, 2.05) is 0 Å². The predicted octanol–water partition coefficient (Wildman–Crippen LogP) is 5.49. The van der Waals surface area contributed by atoms with Crippen molar-refractivity contribution in [2.75, 3.05) is 10.6 Å². The molecule has 0 spiro atoms. The van der Waals surface area contributed by atoms with Crippen LogP contribution in [0.5, 0.6) is 0 Å². The fourth-order valence-electron chi connectivity index (χ4n) is 3.70. The largest absolute Gasteiger partial charge is 0.382 e. The first kappa shape index (κ1) is 23.3. The summed E-state index contributed by atoms with van der Waals surface area (Å²) in [5.41, 5.74) is -1.40. The van der Waals surface area contributed by atoms with Gasteiger partial charge in [0.1, 0.15) is 17.3 Å². The van der Waals surface area contributed by atoms with Crippen molar-refractivity contribution in [2.45, 2.75) is 45.1 Å². The highest BCUT2D eigenvalue weighted by molar-refractivity contribution is 5.93. The lowest BCUT2D eigenvalue weighted by Gasteiger charge is -2.24. The molecule has 1 saturated carbocycles. The molecule has 1 amide bonds. The lowest BCUT2D eigenvalue weighted by molar-refractivity contribution is -0.422. The monoisotopic (exact) mass is 451 g/mol. The average Bonchev–Trinajstić information content (AvgIpc) is 2.78. The first-order valence-electron chi connectivity index (χ1n) is 10.3. The summed E-state index contributed by atoms with van der Waals surface area (Å²) in [6, 6.07) is 9.13. The molecule has 170 valence electrons. The second kappa shape index (κ2) is 10.3. The molecule has 0 bridgehead atoms. The molecule has 33 heavy (non-hydrogen) atoms. The number of nitrogens with zero attached hydrogens (tertiary/aromatic N) is 5. The van der Waals surface area contributed by atoms with Crippen molar-refractivity contribution in [3.05, 3.63) is 56.1 Å². The van der Waals surface area contributed by atoms with Crippen molar-refractivity contribution in [1.29, 1.82) is 5.26 Å². The second-order valence-electron chi connectivity index (χ2n) is 7.55. The van der Waals surface area contributed by atoms with Gasteiger partial charge < -0.3 is 10.6 Å². The van der Waals surface area contributed by atoms with Gasteiger partial charge in [-0.1, -0.05) is 19.3 Å². The molecule has 2 N–H and O–H groups in total. The maximum absolute atomic E-state index is 11.7. The van der Waals surface area contributed by atoms with Crippen LogP contribution in [0.2, 0.25) is 0 Å². The summed E-state index contributed by atoms with van der Waals surface area (Å²) in [4.78, 5) is 32.5. The Bertz CT molecular complexity index is 1170. The first-order valence-corrected chi connectivity index (χ1v) is 10.3. The van der Waals surface area contributed by atoms with Gasteiger partial charge in [-0.25, -0.2) is 0 Å². The summed E-state index contributed by atoms with van der Waals surface area (Å²) >= 11 is 0. The van der Waals surface area contributed by atoms with Gasteiger partial charge in [-0.15, -0.1) is 10.2 Å². The zero-order valence-corrected chi connectivity index (χ0v) is 17.8. The van der Waals surface area contributed by atoms with Crippen molar-refractivity contribution >= 4 is 40.0 Å². The number of benzene rings is 2. The Labute approximate surface area is 188 Å². The number of carbonyl (C=O) groups excluding carboxylic acids is 1. The number of hydrogen-bond acceptors (Lipinski definition) is 9. The minimum absolute atomic E-state index is 0.209. The summed E-state index contributed by atoms with van der Waals surface area (Å²) < 4.78 is 0. The minimum atomic E-state index is -0.996. The number of hydrogen-bond donors (Lipinski definition) is 2. The van der Waals surface area contributed by atoms with Crippen molar-refractivity contribution in [2.24, 2.45) is 10.2 Å². The number of carbonyl (C=O) groups is 1. The molecule has 1 aliphatic carbocycles. The molecule has 0 heterocycles. The van der Waals surface area contributed by atoms with E-state index >= 15 is 0 Å². The highest BCUT2D eigenvalue weighted by Gasteiger charge is 2.33. The van der Waals surface area contributed by atoms with Gasteiger partial charge in [0.15, 0.2) is 5.69 Å². The SMILES string of the molecule is CC(=O)Nc1cc(NC2CCCCC2)ccc1N=Nc1ccc(C#N)c([N+](=O)[O-])c1[N+](=O)[O-]. The predicted molar refractivity (Wildman–Crippen MR) is 120 cm³/mol. The molecule has 12 nitrogen and oxygen atoms in total. The fraction of sp³-hybridized carbons (Fsp3) is 0.333. The smallest absolute Gasteiger partial charge is 0.374 e. The van der Waals surface area contributed by atoms with Crippen molar-refractivity contribution in [1.82, 2.24) is 0 Å². The molecule has 2 aromatic carbocycles. The Hall–Kier alpha value is -4.40. The van der Waals surface area contributed by atoms with Crippen LogP contribution in [0.25, 0.3) is 0 Å². The summed E-state index contributed by atoms with van der Waals surface area (Å²) in [7, 11) is 0. The van der Waals surface area contributed by atoms with E-state index in [-0.39, 0.29) is 17.3 Å². The van der Waals surface area contributed by atoms with Crippen molar-refractivity contribution < 1.29 is 14.6 Å². The Kier molecular flexibility index (Phi) is 7.24. The zero-order valence-electron chi connectivity index (χ0n) is 17.8. The van der Waals surface area contributed by atoms with Gasteiger partial charge in [-0.2, -0.15) is 5.26 Å². The maximum Gasteiger partial charge on any atom is 0.374 e. The van der Waals surface area contributed by atoms with Crippen LogP contribution in [0.1, 0.15) is 44.6 Å². The molecule has 3 rings (SSSR count). The third-order valence-electron chi connectivity index (χ3n) is 5.16. The molecule has 1 fully saturated rings. The van der Waals surface area contributed by atoms with E-state index in [2.05, 4.69) is 20.9 Å². The average molecular weight is 451 g/mol. The summed E-state index contributed by atoms with van der Waals surface area (Å²) in [6.45, 7) is 1.33. The third-order valence-corrected chi connectivity index (χ3v) is 5.16. The number of nitriles is 1. The Balaban J connectivity index is 1.98. The van der Waals surface area contributed by atoms with Crippen LogP contribution in [0.3, 0.4) is 0 Å². The standard InChI is InChI=1S/C21H21N7O5/c1-13(29)23-19-11-16(24-15-5-3-2-4-6-15)8-10-17(19)25-26-18-9-7-14(12-22)20(27(30)31)21(18)28(32)33/h7-11,15,24H,2-6H2,1H3,(H,23,29). The molecule has 0 aliphatic heterocycles. The Morgan fingerprint density at radius 2 is 1.67 bits per heavy atom. The van der Waals surface area contributed by atoms with E-state index in [9.17, 15) is 25.0 Å². The van der Waals surface area contributed by atoms with Crippen LogP contribution in [-0.4, -0.2) is 21.8 Å². The van der Waals surface area contributed by atoms with E-state index in [0.717, 1.165) is 43.5 Å². The van der Waals surface area contributed by atoms with Gasteiger partial charge >= 0.3 is 11.4 Å². The van der Waals surface area contributed by atoms with Gasteiger partial charge in [0.25, 0.3) is 0 Å². The van der Waals surface area contributed by atoms with E-state index in [0.29, 0.717) is 11.7 Å². The third kappa shape index (κ3) is 5.65. The molecule has 2 aromatic rings. The van der Waals surface area contributed by atoms with Crippen LogP contribution in [0.15, 0.2) is 40.6 Å². The normalized spacial score (nSPS) is 13.9. The topological polar surface area (TPSA) is 176 Å². The number of nitro benzene ring substituents is 2. The molecule has 12 heteroatoms. The van der Waals surface area contributed by atoms with Gasteiger partial charge in [-0.05, 0) is 43.2 Å². The van der Waals surface area contributed by atoms with E-state index in [1.54, 1.807) is 24.3 Å². The summed E-state index contributed by atoms with van der Waals surface area (Å²) in [5.74, 6) is -0.346. The van der Waals surface area contributed by atoms with Gasteiger partial charge in [0.05, 0.1) is 15.5 Å². The van der Waals surface area contributed by atoms with Crippen LogP contribution in [0, 0.1) is 31.6 Å². The maximum atomic E-state index is 11.7. The van der Waals surface area contributed by atoms with Crippen LogP contribution >= 0.6 is 0 Å². The lowest BCUT2D eigenvalue weighted by atomic mass is 9.95. The number of amides is 1. The summed E-state index contributed by atoms with van der Waals surface area (Å²) in [5, 5.41) is 45.8. The Morgan fingerprint density at radius 3 is 2.27 bits per heavy atom. The number of rotatable bonds is 7. The zero-order chi connectivity index (χ0) is 24.0. The fourth-order valence-corrected chi connectivity index (χ4v) is 3.70. The minimum Gasteiger partial charge on any atom is -0.382 e. The van der Waals surface area contributed by atoms with Gasteiger partial charge in [0, 0.05) is 18.7 Å². The number of nitrogens with one attached hydrogen (secondary N) is 2. The quantitative estimate of drug-likeness (QED) is 0.317. The highest BCUT2D eigenvalue weighted by atomic mass is 16.6. The first-order chi connectivity index (χ1) is 15.8. The highest BCUT2D eigenvalue weighted by Crippen LogP contribution is 2.40. The number of anilines is 2. The molecular formula is C21H21N7O5. The van der Waals surface area contributed by atoms with E-state index < -0.39 is 26.8 Å². The molecule has 0 aromatic heterocycles. The molecular weight excluding hydrogens is 430 g/mol. The van der Waals surface area contributed by atoms with Crippen LogP contribution in [-0.2, 0) is 4.79 Å². The lowest BCUT2D eigenvalue weighted by Crippen LogP contribution is -2.22. The summed E-state index contributed by atoms with van der Waals surface area (Å²) in [6.07, 6.45) is 5.63. The van der Waals surface area contributed by atoms with Gasteiger partial charge in [0.2, 0.25) is 5.91 Å². The van der Waals surface area contributed by atoms with Crippen molar-refractivity contribution in [3.63, 3.8) is 0 Å². The Morgan fingerprint density at radius 1 is 1.03 bits per heavy atom. The molecule has 1 aliphatic rings. The van der Waals surface area contributed by atoms with E-state index in [1.165, 1.54) is 13.3 Å². The van der Waals surface area contributed by atoms with Crippen LogP contribution < -0.4 is 10.6 Å². The molecule has 0 atom stereocenters.